The topological polar surface area (TPSA) is 114 Å². The van der Waals surface area contributed by atoms with Crippen molar-refractivity contribution in [3.8, 4) is 17.6 Å². The van der Waals surface area contributed by atoms with Crippen molar-refractivity contribution in [3.05, 3.63) is 60.5 Å². The number of hydrogen-bond donors (Lipinski definition) is 4. The molecule has 3 aromatic rings. The van der Waals surface area contributed by atoms with Crippen molar-refractivity contribution >= 4 is 50.9 Å². The molecule has 0 amide bonds. The average molecular weight is 636 g/mol. The molecule has 0 radical (unpaired) electrons. The zero-order chi connectivity index (χ0) is 31.4. The minimum absolute atomic E-state index is 0.115. The van der Waals surface area contributed by atoms with E-state index in [0.717, 1.165) is 41.6 Å². The summed E-state index contributed by atoms with van der Waals surface area (Å²) in [6, 6.07) is 12.4. The van der Waals surface area contributed by atoms with Crippen LogP contribution in [0.5, 0.6) is 5.75 Å². The van der Waals surface area contributed by atoms with E-state index in [9.17, 15) is 17.4 Å². The highest BCUT2D eigenvalue weighted by atomic mass is 32.2. The molecular formula is C30H36F3N5O3S2. The van der Waals surface area contributed by atoms with Crippen LogP contribution >= 0.6 is 11.9 Å². The fourth-order valence-corrected chi connectivity index (χ4v) is 6.24. The summed E-state index contributed by atoms with van der Waals surface area (Å²) in [7, 11) is 0.710. The third-order valence-electron chi connectivity index (χ3n) is 6.29. The normalized spacial score (nSPS) is 17.1. The molecule has 5 N–H and O–H groups in total. The van der Waals surface area contributed by atoms with Crippen molar-refractivity contribution in [1.82, 2.24) is 4.57 Å². The number of alkyl halides is 3. The summed E-state index contributed by atoms with van der Waals surface area (Å²) < 4.78 is 63.0. The van der Waals surface area contributed by atoms with Gasteiger partial charge in [-0.05, 0) is 55.2 Å². The van der Waals surface area contributed by atoms with Crippen LogP contribution in [0.15, 0.2) is 64.1 Å². The standard InChI is InChI=1S/C28H30F3N5O3S2.C2H6/c1-39-26-17-21(40-35-27(32)9-13-37)7-8-24(26)33-12-3-4-20-16-22-23(34-19-10-14-41(38)15-11-19)5-2-6-25(22)36(20)18-28(29,30)31;1-2/h2,5-9,13,16-17,19,33-34,37H,10-12,14-15,18H2,1H3,(H2,32,35);1-2H3/b13-9-;. The van der Waals surface area contributed by atoms with Crippen molar-refractivity contribution in [3.63, 3.8) is 0 Å². The Morgan fingerprint density at radius 1 is 1.23 bits per heavy atom. The molecule has 2 aromatic carbocycles. The molecular weight excluding hydrogens is 599 g/mol. The number of benzene rings is 2. The average Bonchev–Trinajstić information content (AvgIpc) is 3.33. The lowest BCUT2D eigenvalue weighted by Gasteiger charge is -2.24. The van der Waals surface area contributed by atoms with E-state index >= 15 is 0 Å². The maximum atomic E-state index is 13.5. The molecule has 0 atom stereocenters. The molecule has 1 fully saturated rings. The van der Waals surface area contributed by atoms with Crippen LogP contribution in [-0.4, -0.2) is 57.1 Å². The quantitative estimate of drug-likeness (QED) is 0.0702. The molecule has 0 aliphatic carbocycles. The van der Waals surface area contributed by atoms with Crippen LogP contribution in [-0.2, 0) is 17.3 Å². The fourth-order valence-electron chi connectivity index (χ4n) is 4.38. The van der Waals surface area contributed by atoms with Crippen LogP contribution < -0.4 is 21.1 Å². The van der Waals surface area contributed by atoms with Gasteiger partial charge < -0.3 is 30.8 Å². The van der Waals surface area contributed by atoms with Gasteiger partial charge in [0.25, 0.3) is 0 Å². The molecule has 1 saturated heterocycles. The minimum atomic E-state index is -4.42. The zero-order valence-electron chi connectivity index (χ0n) is 24.2. The lowest BCUT2D eigenvalue weighted by molar-refractivity contribution is -0.140. The van der Waals surface area contributed by atoms with Crippen molar-refractivity contribution in [2.45, 2.75) is 50.3 Å². The number of hydrogen-bond acceptors (Lipinski definition) is 7. The Balaban J connectivity index is 0.00000248. The second-order valence-electron chi connectivity index (χ2n) is 9.18. The Hall–Kier alpha value is -3.76. The number of nitrogens with zero attached hydrogens (tertiary/aromatic N) is 2. The van der Waals surface area contributed by atoms with Gasteiger partial charge in [0, 0.05) is 62.3 Å². The van der Waals surface area contributed by atoms with E-state index in [1.807, 2.05) is 19.9 Å². The lowest BCUT2D eigenvalue weighted by atomic mass is 10.1. The predicted octanol–water partition coefficient (Wildman–Crippen LogP) is 6.46. The molecule has 1 aromatic heterocycles. The molecule has 4 rings (SSSR count). The Kier molecular flexibility index (Phi) is 12.7. The van der Waals surface area contributed by atoms with Gasteiger partial charge in [-0.2, -0.15) is 17.6 Å². The van der Waals surface area contributed by atoms with Gasteiger partial charge >= 0.3 is 6.18 Å². The first-order valence-electron chi connectivity index (χ1n) is 13.7. The molecule has 13 heteroatoms. The Labute approximate surface area is 256 Å². The van der Waals surface area contributed by atoms with Crippen LogP contribution in [0.2, 0.25) is 0 Å². The first-order valence-corrected chi connectivity index (χ1v) is 16.0. The van der Waals surface area contributed by atoms with Crippen LogP contribution in [0, 0.1) is 11.8 Å². The van der Waals surface area contributed by atoms with E-state index in [-0.39, 0.29) is 24.1 Å². The molecule has 232 valence electrons. The highest BCUT2D eigenvalue weighted by molar-refractivity contribution is 7.98. The highest BCUT2D eigenvalue weighted by Gasteiger charge is 2.30. The number of fused-ring (bicyclic) bond motifs is 1. The summed E-state index contributed by atoms with van der Waals surface area (Å²) >= 11 is 1.10. The van der Waals surface area contributed by atoms with E-state index in [4.69, 9.17) is 15.6 Å². The van der Waals surface area contributed by atoms with Gasteiger partial charge in [0.2, 0.25) is 0 Å². The molecule has 1 aliphatic heterocycles. The van der Waals surface area contributed by atoms with Gasteiger partial charge in [-0.15, -0.1) is 0 Å². The smallest absolute Gasteiger partial charge is 0.406 e. The van der Waals surface area contributed by atoms with E-state index in [1.54, 1.807) is 36.4 Å². The predicted molar refractivity (Wildman–Crippen MR) is 171 cm³/mol. The SMILES string of the molecule is CC.COc1cc(S/N=C(N)/C=C\O)ccc1NCC#Cc1cc2c(NC3CCS(=O)CC3)cccc2n1CC(F)(F)F. The number of ether oxygens (including phenoxy) is 1. The highest BCUT2D eigenvalue weighted by Crippen LogP contribution is 2.32. The van der Waals surface area contributed by atoms with Crippen LogP contribution in [0.4, 0.5) is 24.5 Å². The summed E-state index contributed by atoms with van der Waals surface area (Å²) in [5, 5.41) is 16.0. The van der Waals surface area contributed by atoms with E-state index in [1.165, 1.54) is 17.8 Å². The number of anilines is 2. The molecule has 0 saturated carbocycles. The van der Waals surface area contributed by atoms with E-state index in [2.05, 4.69) is 26.9 Å². The molecule has 8 nitrogen and oxygen atoms in total. The molecule has 1 aliphatic rings. The number of methoxy groups -OCH3 is 1. The molecule has 2 heterocycles. The molecule has 0 unspecified atom stereocenters. The summed E-state index contributed by atoms with van der Waals surface area (Å²) in [5.74, 6) is 7.73. The lowest BCUT2D eigenvalue weighted by Crippen LogP contribution is -2.29. The molecule has 0 bridgehead atoms. The number of aliphatic hydroxyl groups excluding tert-OH is 1. The minimum Gasteiger partial charge on any atom is -0.515 e. The summed E-state index contributed by atoms with van der Waals surface area (Å²) in [6.45, 7) is 3.00. The van der Waals surface area contributed by atoms with Gasteiger partial charge in [-0.3, -0.25) is 4.21 Å². The Bertz CT molecular complexity index is 1520. The maximum Gasteiger partial charge on any atom is 0.406 e. The Morgan fingerprint density at radius 3 is 2.65 bits per heavy atom. The second-order valence-corrected chi connectivity index (χ2v) is 11.7. The molecule has 43 heavy (non-hydrogen) atoms. The van der Waals surface area contributed by atoms with Crippen molar-refractivity contribution in [2.24, 2.45) is 10.1 Å². The third kappa shape index (κ3) is 9.90. The number of halogens is 3. The van der Waals surface area contributed by atoms with Crippen LogP contribution in [0.25, 0.3) is 10.9 Å². The van der Waals surface area contributed by atoms with Crippen LogP contribution in [0.1, 0.15) is 32.4 Å². The maximum absolute atomic E-state index is 13.5. The number of aliphatic hydroxyl groups is 1. The van der Waals surface area contributed by atoms with Crippen molar-refractivity contribution in [1.29, 1.82) is 0 Å². The Morgan fingerprint density at radius 2 is 1.98 bits per heavy atom. The summed E-state index contributed by atoms with van der Waals surface area (Å²) in [6.07, 6.45) is -0.875. The van der Waals surface area contributed by atoms with Crippen molar-refractivity contribution < 1.29 is 27.2 Å². The molecule has 0 spiro atoms. The van der Waals surface area contributed by atoms with E-state index in [0.29, 0.717) is 33.8 Å². The van der Waals surface area contributed by atoms with Gasteiger partial charge in [-0.25, -0.2) is 0 Å². The van der Waals surface area contributed by atoms with E-state index < -0.39 is 23.5 Å². The first kappa shape index (κ1) is 33.7. The zero-order valence-corrected chi connectivity index (χ0v) is 25.8. The number of rotatable bonds is 9. The first-order chi connectivity index (χ1) is 20.7. The number of nitrogens with one attached hydrogen (secondary N) is 2. The number of aromatic nitrogens is 1. The van der Waals surface area contributed by atoms with Gasteiger partial charge in [-0.1, -0.05) is 25.8 Å². The monoisotopic (exact) mass is 635 g/mol. The largest absolute Gasteiger partial charge is 0.515 e. The number of nitrogens with two attached hydrogens (primary N) is 1. The fraction of sp³-hybridized carbons (Fsp3) is 0.367. The number of amidine groups is 1. The van der Waals surface area contributed by atoms with Gasteiger partial charge in [0.05, 0.1) is 36.8 Å². The summed E-state index contributed by atoms with van der Waals surface area (Å²) in [5.41, 5.74) is 7.71. The summed E-state index contributed by atoms with van der Waals surface area (Å²) in [4.78, 5) is 0.746. The van der Waals surface area contributed by atoms with Crippen molar-refractivity contribution in [2.75, 3.05) is 35.8 Å². The van der Waals surface area contributed by atoms with Gasteiger partial charge in [0.1, 0.15) is 18.1 Å². The van der Waals surface area contributed by atoms with Crippen LogP contribution in [0.3, 0.4) is 0 Å². The van der Waals surface area contributed by atoms with Gasteiger partial charge in [0.15, 0.2) is 0 Å². The third-order valence-corrected chi connectivity index (χ3v) is 8.44. The second kappa shape index (κ2) is 16.2.